The normalized spacial score (nSPS) is 14.8. The molecule has 0 aliphatic heterocycles. The van der Waals surface area contributed by atoms with E-state index in [0.29, 0.717) is 12.1 Å². The minimum Gasteiger partial charge on any atom is -0.403 e. The van der Waals surface area contributed by atoms with Gasteiger partial charge in [0.2, 0.25) is 0 Å². The summed E-state index contributed by atoms with van der Waals surface area (Å²) in [5.41, 5.74) is 11.1. The minimum atomic E-state index is -0.0141. The number of hydrogen-bond donors (Lipinski definition) is 2. The van der Waals surface area contributed by atoms with Gasteiger partial charge in [0.15, 0.2) is 0 Å². The van der Waals surface area contributed by atoms with E-state index in [1.165, 1.54) is 6.20 Å². The number of allylic oxidation sites excluding steroid dienone is 1. The van der Waals surface area contributed by atoms with Crippen LogP contribution in [0.15, 0.2) is 11.9 Å². The molecule has 0 aliphatic rings. The molecule has 4 N–H and O–H groups in total. The van der Waals surface area contributed by atoms with Gasteiger partial charge in [0.1, 0.15) is 5.78 Å². The van der Waals surface area contributed by atoms with Crippen LogP contribution < -0.4 is 11.5 Å². The smallest absolute Gasteiger partial charge is 0.133 e. The van der Waals surface area contributed by atoms with E-state index in [2.05, 4.69) is 0 Å². The number of nitrogens with two attached hydrogens (primary N) is 2. The number of carbonyl (C=O) groups excluding carboxylic acids is 1. The second-order valence-electron chi connectivity index (χ2n) is 2.46. The van der Waals surface area contributed by atoms with Gasteiger partial charge >= 0.3 is 0 Å². The molecule has 0 heterocycles. The van der Waals surface area contributed by atoms with E-state index >= 15 is 0 Å². The fourth-order valence-corrected chi connectivity index (χ4v) is 0.565. The number of rotatable bonds is 3. The van der Waals surface area contributed by atoms with Crippen molar-refractivity contribution in [3.8, 4) is 0 Å². The molecule has 0 aromatic carbocycles. The molecular weight excluding hydrogens is 128 g/mol. The number of hydrogen-bond acceptors (Lipinski definition) is 3. The van der Waals surface area contributed by atoms with Gasteiger partial charge in [0.05, 0.1) is 0 Å². The third-order valence-corrected chi connectivity index (χ3v) is 1.45. The molecule has 10 heavy (non-hydrogen) atoms. The molecule has 0 amide bonds. The second kappa shape index (κ2) is 3.93. The summed E-state index contributed by atoms with van der Waals surface area (Å²) in [5, 5.41) is 0. The van der Waals surface area contributed by atoms with Crippen LogP contribution in [0.3, 0.4) is 0 Å². The standard InChI is InChI=1S/C7H14N2O/c1-5(6(2)10)3-7(9)4-8/h4-5H,3,8-9H2,1-2H3/b7-4-. The largest absolute Gasteiger partial charge is 0.403 e. The summed E-state index contributed by atoms with van der Waals surface area (Å²) in [5.74, 6) is 0.129. The van der Waals surface area contributed by atoms with Gasteiger partial charge in [-0.15, -0.1) is 0 Å². The molecule has 0 saturated heterocycles. The van der Waals surface area contributed by atoms with E-state index in [9.17, 15) is 4.79 Å². The SMILES string of the molecule is CC(=O)C(C)C/C(N)=C/N. The van der Waals surface area contributed by atoms with Crippen LogP contribution in [0.25, 0.3) is 0 Å². The molecule has 0 aromatic heterocycles. The Bertz CT molecular complexity index is 152. The quantitative estimate of drug-likeness (QED) is 0.597. The van der Waals surface area contributed by atoms with Crippen molar-refractivity contribution >= 4 is 5.78 Å². The average Bonchev–Trinajstić information content (AvgIpc) is 1.87. The van der Waals surface area contributed by atoms with Crippen molar-refractivity contribution in [2.75, 3.05) is 0 Å². The molecule has 0 aliphatic carbocycles. The summed E-state index contributed by atoms with van der Waals surface area (Å²) in [6.07, 6.45) is 1.89. The van der Waals surface area contributed by atoms with Crippen molar-refractivity contribution < 1.29 is 4.79 Å². The molecule has 58 valence electrons. The number of ketones is 1. The van der Waals surface area contributed by atoms with E-state index in [4.69, 9.17) is 11.5 Å². The van der Waals surface area contributed by atoms with E-state index in [1.807, 2.05) is 6.92 Å². The van der Waals surface area contributed by atoms with Crippen molar-refractivity contribution in [3.63, 3.8) is 0 Å². The highest BCUT2D eigenvalue weighted by atomic mass is 16.1. The van der Waals surface area contributed by atoms with Crippen molar-refractivity contribution in [1.82, 2.24) is 0 Å². The van der Waals surface area contributed by atoms with Crippen LogP contribution in [-0.2, 0) is 4.79 Å². The first-order valence-corrected chi connectivity index (χ1v) is 3.24. The van der Waals surface area contributed by atoms with Gasteiger partial charge in [-0.25, -0.2) is 0 Å². The van der Waals surface area contributed by atoms with Crippen molar-refractivity contribution in [2.24, 2.45) is 17.4 Å². The van der Waals surface area contributed by atoms with Gasteiger partial charge in [0, 0.05) is 17.8 Å². The monoisotopic (exact) mass is 142 g/mol. The fraction of sp³-hybridized carbons (Fsp3) is 0.571. The van der Waals surface area contributed by atoms with Gasteiger partial charge in [-0.1, -0.05) is 6.92 Å². The minimum absolute atomic E-state index is 0.0141. The zero-order valence-electron chi connectivity index (χ0n) is 6.42. The Balaban J connectivity index is 3.80. The first-order chi connectivity index (χ1) is 4.57. The lowest BCUT2D eigenvalue weighted by Crippen LogP contribution is -2.12. The van der Waals surface area contributed by atoms with Gasteiger partial charge in [-0.2, -0.15) is 0 Å². The highest BCUT2D eigenvalue weighted by Crippen LogP contribution is 2.06. The summed E-state index contributed by atoms with van der Waals surface area (Å²) in [6.45, 7) is 3.38. The molecule has 0 rings (SSSR count). The van der Waals surface area contributed by atoms with Crippen LogP contribution in [0.5, 0.6) is 0 Å². The summed E-state index contributed by atoms with van der Waals surface area (Å²) >= 11 is 0. The molecule has 3 heteroatoms. The second-order valence-corrected chi connectivity index (χ2v) is 2.46. The molecular formula is C7H14N2O. The number of carbonyl (C=O) groups is 1. The zero-order chi connectivity index (χ0) is 8.15. The Morgan fingerprint density at radius 1 is 1.70 bits per heavy atom. The van der Waals surface area contributed by atoms with E-state index in [0.717, 1.165) is 0 Å². The third-order valence-electron chi connectivity index (χ3n) is 1.45. The fourth-order valence-electron chi connectivity index (χ4n) is 0.565. The highest BCUT2D eigenvalue weighted by Gasteiger charge is 2.07. The molecule has 0 radical (unpaired) electrons. The third kappa shape index (κ3) is 3.12. The van der Waals surface area contributed by atoms with E-state index in [1.54, 1.807) is 6.92 Å². The van der Waals surface area contributed by atoms with Crippen LogP contribution in [-0.4, -0.2) is 5.78 Å². The lowest BCUT2D eigenvalue weighted by molar-refractivity contribution is -0.120. The van der Waals surface area contributed by atoms with Crippen LogP contribution >= 0.6 is 0 Å². The predicted molar refractivity (Wildman–Crippen MR) is 40.9 cm³/mol. The van der Waals surface area contributed by atoms with Crippen molar-refractivity contribution in [1.29, 1.82) is 0 Å². The lowest BCUT2D eigenvalue weighted by atomic mass is 10.0. The summed E-state index contributed by atoms with van der Waals surface area (Å²) < 4.78 is 0. The zero-order valence-corrected chi connectivity index (χ0v) is 6.42. The predicted octanol–water partition coefficient (Wildman–Crippen LogP) is 0.360. The summed E-state index contributed by atoms with van der Waals surface area (Å²) in [4.78, 5) is 10.7. The molecule has 0 saturated carbocycles. The lowest BCUT2D eigenvalue weighted by Gasteiger charge is -2.05. The van der Waals surface area contributed by atoms with Gasteiger partial charge in [-0.05, 0) is 13.3 Å². The maximum absolute atomic E-state index is 10.7. The first kappa shape index (κ1) is 9.01. The molecule has 0 spiro atoms. The van der Waals surface area contributed by atoms with Crippen LogP contribution in [0, 0.1) is 5.92 Å². The summed E-state index contributed by atoms with van der Waals surface area (Å²) in [6, 6.07) is 0. The molecule has 1 unspecified atom stereocenters. The molecule has 0 bridgehead atoms. The molecule has 1 atom stereocenters. The molecule has 3 nitrogen and oxygen atoms in total. The van der Waals surface area contributed by atoms with Crippen molar-refractivity contribution in [2.45, 2.75) is 20.3 Å². The Hall–Kier alpha value is -0.990. The van der Waals surface area contributed by atoms with Crippen molar-refractivity contribution in [3.05, 3.63) is 11.9 Å². The maximum atomic E-state index is 10.7. The van der Waals surface area contributed by atoms with Crippen LogP contribution in [0.1, 0.15) is 20.3 Å². The first-order valence-electron chi connectivity index (χ1n) is 3.24. The molecule has 0 aromatic rings. The summed E-state index contributed by atoms with van der Waals surface area (Å²) in [7, 11) is 0. The van der Waals surface area contributed by atoms with Gasteiger partial charge < -0.3 is 11.5 Å². The number of Topliss-reactive ketones (excluding diaryl/α,β-unsaturated/α-hetero) is 1. The topological polar surface area (TPSA) is 69.1 Å². The Kier molecular flexibility index (Phi) is 3.54. The van der Waals surface area contributed by atoms with Gasteiger partial charge in [0.25, 0.3) is 0 Å². The maximum Gasteiger partial charge on any atom is 0.133 e. The molecule has 0 fully saturated rings. The highest BCUT2D eigenvalue weighted by molar-refractivity contribution is 5.78. The Morgan fingerprint density at radius 3 is 2.50 bits per heavy atom. The average molecular weight is 142 g/mol. The van der Waals surface area contributed by atoms with Crippen LogP contribution in [0.4, 0.5) is 0 Å². The van der Waals surface area contributed by atoms with E-state index < -0.39 is 0 Å². The van der Waals surface area contributed by atoms with E-state index in [-0.39, 0.29) is 11.7 Å². The Labute approximate surface area is 61.1 Å². The van der Waals surface area contributed by atoms with Gasteiger partial charge in [-0.3, -0.25) is 4.79 Å². The van der Waals surface area contributed by atoms with Crippen LogP contribution in [0.2, 0.25) is 0 Å². The Morgan fingerprint density at radius 2 is 2.20 bits per heavy atom.